The number of hydrogen-bond donors (Lipinski definition) is 1. The fourth-order valence-corrected chi connectivity index (χ4v) is 2.83. The Labute approximate surface area is 165 Å². The van der Waals surface area contributed by atoms with Crippen LogP contribution in [-0.2, 0) is 22.1 Å². The number of aromatic nitrogens is 2. The number of anilines is 2. The number of rotatable bonds is 6. The number of ketones is 1. The number of carbonyl (C=O) groups excluding carboxylic acids is 1. The van der Waals surface area contributed by atoms with E-state index in [4.69, 9.17) is 4.74 Å². The van der Waals surface area contributed by atoms with Crippen LogP contribution < -0.4 is 10.2 Å². The van der Waals surface area contributed by atoms with Crippen LogP contribution in [0, 0.1) is 11.3 Å². The van der Waals surface area contributed by atoms with Gasteiger partial charge >= 0.3 is 6.18 Å². The van der Waals surface area contributed by atoms with Gasteiger partial charge in [-0.15, -0.1) is 0 Å². The van der Waals surface area contributed by atoms with E-state index in [0.717, 1.165) is 12.1 Å². The third-order valence-electron chi connectivity index (χ3n) is 4.30. The predicted octanol–water partition coefficient (Wildman–Crippen LogP) is 2.43. The number of halogens is 3. The van der Waals surface area contributed by atoms with Crippen molar-refractivity contribution in [1.82, 2.24) is 9.97 Å². The normalized spacial score (nSPS) is 14.3. The first-order chi connectivity index (χ1) is 13.9. The second-order valence-electron chi connectivity index (χ2n) is 6.41. The number of ether oxygens (including phenoxy) is 1. The first-order valence-electron chi connectivity index (χ1n) is 8.88. The molecule has 0 aliphatic carbocycles. The van der Waals surface area contributed by atoms with Gasteiger partial charge in [0.1, 0.15) is 17.5 Å². The minimum atomic E-state index is -4.46. The van der Waals surface area contributed by atoms with Gasteiger partial charge in [0.15, 0.2) is 5.78 Å². The second-order valence-corrected chi connectivity index (χ2v) is 6.41. The predicted molar refractivity (Wildman–Crippen MR) is 98.4 cm³/mol. The van der Waals surface area contributed by atoms with Crippen molar-refractivity contribution in [3.63, 3.8) is 0 Å². The zero-order chi connectivity index (χ0) is 20.9. The quantitative estimate of drug-likeness (QED) is 0.789. The van der Waals surface area contributed by atoms with Gasteiger partial charge < -0.3 is 15.0 Å². The molecule has 1 aliphatic rings. The number of nitrogens with zero attached hydrogens (tertiary/aromatic N) is 4. The van der Waals surface area contributed by atoms with Crippen molar-refractivity contribution >= 4 is 17.5 Å². The van der Waals surface area contributed by atoms with Gasteiger partial charge in [0, 0.05) is 19.5 Å². The summed E-state index contributed by atoms with van der Waals surface area (Å²) in [5.74, 6) is 0.293. The van der Waals surface area contributed by atoms with E-state index in [9.17, 15) is 23.2 Å². The van der Waals surface area contributed by atoms with Crippen molar-refractivity contribution in [2.45, 2.75) is 12.6 Å². The standard InChI is InChI=1S/C19H18F3N5O2/c20-19(21,22)15-3-1-2-13(8-15)9-16(28)12-24-17-14(10-23)11-25-18(26-17)27-4-6-29-7-5-27/h1-3,8,11H,4-7,9,12H2,(H,24,25,26). The Bertz CT molecular complexity index is 921. The molecule has 0 spiro atoms. The first-order valence-corrected chi connectivity index (χ1v) is 8.88. The molecule has 1 aromatic heterocycles. The lowest BCUT2D eigenvalue weighted by molar-refractivity contribution is -0.137. The van der Waals surface area contributed by atoms with E-state index in [1.54, 1.807) is 0 Å². The van der Waals surface area contributed by atoms with Crippen molar-refractivity contribution in [2.75, 3.05) is 43.1 Å². The van der Waals surface area contributed by atoms with E-state index in [-0.39, 0.29) is 35.7 Å². The van der Waals surface area contributed by atoms with Gasteiger partial charge in [0.25, 0.3) is 0 Å². The third kappa shape index (κ3) is 5.42. The molecule has 1 aromatic carbocycles. The maximum Gasteiger partial charge on any atom is 0.416 e. The van der Waals surface area contributed by atoms with E-state index in [1.165, 1.54) is 18.3 Å². The van der Waals surface area contributed by atoms with Crippen LogP contribution in [-0.4, -0.2) is 48.6 Å². The van der Waals surface area contributed by atoms with Gasteiger partial charge in [-0.05, 0) is 11.6 Å². The smallest absolute Gasteiger partial charge is 0.378 e. The average molecular weight is 405 g/mol. The molecule has 2 heterocycles. The Morgan fingerprint density at radius 3 is 2.76 bits per heavy atom. The minimum Gasteiger partial charge on any atom is -0.378 e. The van der Waals surface area contributed by atoms with E-state index in [0.29, 0.717) is 32.3 Å². The molecule has 3 rings (SSSR count). The van der Waals surface area contributed by atoms with Crippen LogP contribution in [0.4, 0.5) is 24.9 Å². The lowest BCUT2D eigenvalue weighted by Gasteiger charge is -2.27. The van der Waals surface area contributed by atoms with E-state index in [1.807, 2.05) is 11.0 Å². The average Bonchev–Trinajstić information content (AvgIpc) is 2.72. The van der Waals surface area contributed by atoms with Crippen molar-refractivity contribution in [3.8, 4) is 6.07 Å². The van der Waals surface area contributed by atoms with Crippen LogP contribution in [0.25, 0.3) is 0 Å². The fourth-order valence-electron chi connectivity index (χ4n) is 2.83. The molecule has 0 radical (unpaired) electrons. The van der Waals surface area contributed by atoms with Gasteiger partial charge in [0.05, 0.1) is 31.5 Å². The highest BCUT2D eigenvalue weighted by molar-refractivity contribution is 5.85. The van der Waals surface area contributed by atoms with Crippen LogP contribution in [0.3, 0.4) is 0 Å². The maximum atomic E-state index is 12.8. The van der Waals surface area contributed by atoms with Crippen molar-refractivity contribution in [3.05, 3.63) is 47.2 Å². The van der Waals surface area contributed by atoms with Gasteiger partial charge in [-0.3, -0.25) is 4.79 Å². The van der Waals surface area contributed by atoms with Crippen molar-refractivity contribution in [1.29, 1.82) is 5.26 Å². The van der Waals surface area contributed by atoms with Gasteiger partial charge in [-0.1, -0.05) is 18.2 Å². The highest BCUT2D eigenvalue weighted by atomic mass is 19.4. The molecule has 29 heavy (non-hydrogen) atoms. The van der Waals surface area contributed by atoms with Crippen LogP contribution >= 0.6 is 0 Å². The maximum absolute atomic E-state index is 12.8. The summed E-state index contributed by atoms with van der Waals surface area (Å²) in [5.41, 5.74) is -0.355. The molecule has 0 bridgehead atoms. The molecule has 0 amide bonds. The first kappa shape index (κ1) is 20.5. The second kappa shape index (κ2) is 8.87. The van der Waals surface area contributed by atoms with Crippen molar-refractivity contribution in [2.24, 2.45) is 0 Å². The van der Waals surface area contributed by atoms with Crippen LogP contribution in [0.2, 0.25) is 0 Å². The Balaban J connectivity index is 1.66. The minimum absolute atomic E-state index is 0.166. The molecule has 152 valence electrons. The molecular formula is C19H18F3N5O2. The summed E-state index contributed by atoms with van der Waals surface area (Å²) in [6.45, 7) is 2.13. The number of hydrogen-bond acceptors (Lipinski definition) is 7. The molecule has 10 heteroatoms. The summed E-state index contributed by atoms with van der Waals surface area (Å²) >= 11 is 0. The van der Waals surface area contributed by atoms with E-state index >= 15 is 0 Å². The van der Waals surface area contributed by atoms with E-state index in [2.05, 4.69) is 15.3 Å². The highest BCUT2D eigenvalue weighted by Crippen LogP contribution is 2.29. The molecule has 1 N–H and O–H groups in total. The Morgan fingerprint density at radius 1 is 1.31 bits per heavy atom. The summed E-state index contributed by atoms with van der Waals surface area (Å²) in [4.78, 5) is 22.6. The molecule has 0 unspecified atom stereocenters. The number of carbonyl (C=O) groups is 1. The summed E-state index contributed by atoms with van der Waals surface area (Å²) in [6.07, 6.45) is -3.26. The number of nitrogens with one attached hydrogen (secondary N) is 1. The number of morpholine rings is 1. The summed E-state index contributed by atoms with van der Waals surface area (Å²) < 4.78 is 43.7. The molecule has 2 aromatic rings. The molecular weight excluding hydrogens is 387 g/mol. The summed E-state index contributed by atoms with van der Waals surface area (Å²) in [7, 11) is 0. The Hall–Kier alpha value is -3.19. The molecule has 7 nitrogen and oxygen atoms in total. The lowest BCUT2D eigenvalue weighted by Crippen LogP contribution is -2.37. The number of Topliss-reactive ketones (excluding diaryl/α,β-unsaturated/α-hetero) is 1. The highest BCUT2D eigenvalue weighted by Gasteiger charge is 2.30. The third-order valence-corrected chi connectivity index (χ3v) is 4.30. The molecule has 0 atom stereocenters. The van der Waals surface area contributed by atoms with Crippen molar-refractivity contribution < 1.29 is 22.7 Å². The Morgan fingerprint density at radius 2 is 2.07 bits per heavy atom. The monoisotopic (exact) mass is 405 g/mol. The summed E-state index contributed by atoms with van der Waals surface area (Å²) in [6, 6.07) is 6.61. The van der Waals surface area contributed by atoms with Crippen LogP contribution in [0.15, 0.2) is 30.5 Å². The molecule has 1 aliphatic heterocycles. The molecule has 1 fully saturated rings. The van der Waals surface area contributed by atoms with Gasteiger partial charge in [-0.2, -0.15) is 23.4 Å². The molecule has 0 saturated carbocycles. The Kier molecular flexibility index (Phi) is 6.29. The zero-order valence-corrected chi connectivity index (χ0v) is 15.4. The fraction of sp³-hybridized carbons (Fsp3) is 0.368. The lowest BCUT2D eigenvalue weighted by atomic mass is 10.1. The van der Waals surface area contributed by atoms with Crippen LogP contribution in [0.1, 0.15) is 16.7 Å². The number of nitriles is 1. The SMILES string of the molecule is N#Cc1cnc(N2CCOCC2)nc1NCC(=O)Cc1cccc(C(F)(F)F)c1. The van der Waals surface area contributed by atoms with Gasteiger partial charge in [-0.25, -0.2) is 4.98 Å². The topological polar surface area (TPSA) is 91.1 Å². The van der Waals surface area contributed by atoms with Gasteiger partial charge in [0.2, 0.25) is 5.95 Å². The number of benzene rings is 1. The number of alkyl halides is 3. The van der Waals surface area contributed by atoms with E-state index < -0.39 is 11.7 Å². The van der Waals surface area contributed by atoms with Crippen LogP contribution in [0.5, 0.6) is 0 Å². The zero-order valence-electron chi connectivity index (χ0n) is 15.4. The molecule has 1 saturated heterocycles. The largest absolute Gasteiger partial charge is 0.416 e. The summed E-state index contributed by atoms with van der Waals surface area (Å²) in [5, 5.41) is 12.0.